The van der Waals surface area contributed by atoms with Crippen molar-refractivity contribution in [3.63, 3.8) is 0 Å². The maximum atomic E-state index is 12.4. The predicted octanol–water partition coefficient (Wildman–Crippen LogP) is 5.04. The molecule has 1 unspecified atom stereocenters. The summed E-state index contributed by atoms with van der Waals surface area (Å²) in [6.07, 6.45) is 6.36. The summed E-state index contributed by atoms with van der Waals surface area (Å²) in [7, 11) is 0. The third kappa shape index (κ3) is 6.32. The highest BCUT2D eigenvalue weighted by molar-refractivity contribution is 7.98. The average Bonchev–Trinajstić information content (AvgIpc) is 2.87. The van der Waals surface area contributed by atoms with Crippen LogP contribution in [0.1, 0.15) is 60.4 Å². The number of hydrogen-bond acceptors (Lipinski definition) is 6. The molecule has 0 aliphatic carbocycles. The van der Waals surface area contributed by atoms with Gasteiger partial charge >= 0.3 is 0 Å². The summed E-state index contributed by atoms with van der Waals surface area (Å²) in [5.74, 6) is 1.72. The smallest absolute Gasteiger partial charge is 0.251 e. The molecule has 1 aromatic carbocycles. The van der Waals surface area contributed by atoms with Crippen molar-refractivity contribution in [2.45, 2.75) is 63.0 Å². The number of thioether (sulfide) groups is 1. The Morgan fingerprint density at radius 3 is 2.70 bits per heavy atom. The third-order valence-electron chi connectivity index (χ3n) is 5.94. The lowest BCUT2D eigenvalue weighted by Crippen LogP contribution is -2.38. The van der Waals surface area contributed by atoms with Crippen LogP contribution in [0, 0.1) is 0 Å². The van der Waals surface area contributed by atoms with Crippen LogP contribution in [0.15, 0.2) is 59.9 Å². The van der Waals surface area contributed by atoms with Gasteiger partial charge in [0.05, 0.1) is 12.2 Å². The van der Waals surface area contributed by atoms with Crippen LogP contribution in [-0.4, -0.2) is 33.4 Å². The minimum Gasteiger partial charge on any atom is -0.354 e. The summed E-state index contributed by atoms with van der Waals surface area (Å²) in [5, 5.41) is 3.73. The maximum absolute atomic E-state index is 12.4. The fourth-order valence-corrected chi connectivity index (χ4v) is 4.79. The second kappa shape index (κ2) is 11.3. The first-order chi connectivity index (χ1) is 16.1. The molecule has 1 N–H and O–H groups in total. The molecule has 2 aromatic heterocycles. The Hall–Kier alpha value is -2.93. The standard InChI is InChI=1S/C26H31N5OS/c1-3-22-16-24(31-15-7-5-8-19(31)2)30-26(29-22)33-18-20-10-12-21(13-11-20)25(32)28-17-23-9-4-6-14-27-23/h4,6,9-14,16,19H,3,5,7-8,15,17-18H2,1-2H3,(H,28,32). The van der Waals surface area contributed by atoms with Gasteiger partial charge in [0, 0.05) is 41.9 Å². The third-order valence-corrected chi connectivity index (χ3v) is 6.86. The van der Waals surface area contributed by atoms with Crippen LogP contribution in [0.5, 0.6) is 0 Å². The maximum Gasteiger partial charge on any atom is 0.251 e. The Morgan fingerprint density at radius 1 is 1.12 bits per heavy atom. The Morgan fingerprint density at radius 2 is 1.97 bits per heavy atom. The van der Waals surface area contributed by atoms with Gasteiger partial charge in [-0.25, -0.2) is 9.97 Å². The molecular weight excluding hydrogens is 430 g/mol. The highest BCUT2D eigenvalue weighted by atomic mass is 32.2. The van der Waals surface area contributed by atoms with E-state index in [1.165, 1.54) is 19.3 Å². The van der Waals surface area contributed by atoms with Crippen LogP contribution in [0.25, 0.3) is 0 Å². The van der Waals surface area contributed by atoms with Crippen LogP contribution < -0.4 is 10.2 Å². The van der Waals surface area contributed by atoms with Crippen molar-refractivity contribution in [1.82, 2.24) is 20.3 Å². The summed E-state index contributed by atoms with van der Waals surface area (Å²) in [6, 6.07) is 16.1. The second-order valence-electron chi connectivity index (χ2n) is 8.38. The highest BCUT2D eigenvalue weighted by Gasteiger charge is 2.21. The molecule has 3 aromatic rings. The van der Waals surface area contributed by atoms with E-state index in [4.69, 9.17) is 9.97 Å². The van der Waals surface area contributed by atoms with Gasteiger partial charge in [0.1, 0.15) is 5.82 Å². The molecule has 4 rings (SSSR count). The molecule has 1 amide bonds. The number of aryl methyl sites for hydroxylation is 1. The minimum absolute atomic E-state index is 0.0980. The number of benzene rings is 1. The molecule has 172 valence electrons. The molecule has 1 saturated heterocycles. The topological polar surface area (TPSA) is 71.0 Å². The molecule has 0 radical (unpaired) electrons. The van der Waals surface area contributed by atoms with Crippen molar-refractivity contribution in [2.75, 3.05) is 11.4 Å². The summed E-state index contributed by atoms with van der Waals surface area (Å²) in [6.45, 7) is 5.90. The number of hydrogen-bond donors (Lipinski definition) is 1. The van der Waals surface area contributed by atoms with Crippen molar-refractivity contribution in [3.05, 3.63) is 77.2 Å². The van der Waals surface area contributed by atoms with Crippen LogP contribution in [-0.2, 0) is 18.7 Å². The minimum atomic E-state index is -0.0980. The van der Waals surface area contributed by atoms with Gasteiger partial charge in [0.2, 0.25) is 0 Å². The van der Waals surface area contributed by atoms with Crippen LogP contribution >= 0.6 is 11.8 Å². The lowest BCUT2D eigenvalue weighted by atomic mass is 10.0. The number of piperidine rings is 1. The van der Waals surface area contributed by atoms with Gasteiger partial charge in [-0.1, -0.05) is 36.9 Å². The fourth-order valence-electron chi connectivity index (χ4n) is 3.97. The molecule has 1 fully saturated rings. The summed E-state index contributed by atoms with van der Waals surface area (Å²) >= 11 is 1.65. The van der Waals surface area contributed by atoms with E-state index < -0.39 is 0 Å². The molecule has 33 heavy (non-hydrogen) atoms. The van der Waals surface area contributed by atoms with Crippen LogP contribution in [0.3, 0.4) is 0 Å². The quantitative estimate of drug-likeness (QED) is 0.375. The first-order valence-electron chi connectivity index (χ1n) is 11.7. The van der Waals surface area contributed by atoms with Crippen LogP contribution in [0.4, 0.5) is 5.82 Å². The van der Waals surface area contributed by atoms with Gasteiger partial charge in [0.25, 0.3) is 5.91 Å². The average molecular weight is 462 g/mol. The number of amides is 1. The van der Waals surface area contributed by atoms with Crippen molar-refractivity contribution >= 4 is 23.5 Å². The SMILES string of the molecule is CCc1cc(N2CCCCC2C)nc(SCc2ccc(C(=O)NCc3ccccn3)cc2)n1. The van der Waals surface area contributed by atoms with E-state index >= 15 is 0 Å². The van der Waals surface area contributed by atoms with Gasteiger partial charge in [0.15, 0.2) is 5.16 Å². The summed E-state index contributed by atoms with van der Waals surface area (Å²) in [5.41, 5.74) is 3.71. The molecule has 1 aliphatic rings. The van der Waals surface area contributed by atoms with E-state index in [1.807, 2.05) is 42.5 Å². The monoisotopic (exact) mass is 461 g/mol. The van der Waals surface area contributed by atoms with Gasteiger partial charge in [-0.15, -0.1) is 0 Å². The summed E-state index contributed by atoms with van der Waals surface area (Å²) in [4.78, 5) is 28.7. The lowest BCUT2D eigenvalue weighted by molar-refractivity contribution is 0.0950. The van der Waals surface area contributed by atoms with E-state index in [1.54, 1.807) is 18.0 Å². The predicted molar refractivity (Wildman–Crippen MR) is 133 cm³/mol. The molecule has 0 saturated carbocycles. The molecule has 3 heterocycles. The largest absolute Gasteiger partial charge is 0.354 e. The number of nitrogens with zero attached hydrogens (tertiary/aromatic N) is 4. The van der Waals surface area contributed by atoms with E-state index in [-0.39, 0.29) is 5.91 Å². The van der Waals surface area contributed by atoms with Gasteiger partial charge in [-0.2, -0.15) is 0 Å². The van der Waals surface area contributed by atoms with Gasteiger partial charge in [-0.3, -0.25) is 9.78 Å². The van der Waals surface area contributed by atoms with E-state index in [9.17, 15) is 4.79 Å². The number of rotatable bonds is 8. The van der Waals surface area contributed by atoms with Crippen molar-refractivity contribution in [2.24, 2.45) is 0 Å². The first-order valence-corrected chi connectivity index (χ1v) is 12.7. The number of carbonyl (C=O) groups excluding carboxylic acids is 1. The normalized spacial score (nSPS) is 15.9. The molecule has 0 spiro atoms. The fraction of sp³-hybridized carbons (Fsp3) is 0.385. The summed E-state index contributed by atoms with van der Waals surface area (Å²) < 4.78 is 0. The van der Waals surface area contributed by atoms with E-state index in [0.29, 0.717) is 18.2 Å². The van der Waals surface area contributed by atoms with Crippen molar-refractivity contribution in [3.8, 4) is 0 Å². The van der Waals surface area contributed by atoms with E-state index in [0.717, 1.165) is 46.6 Å². The number of aromatic nitrogens is 3. The second-order valence-corrected chi connectivity index (χ2v) is 9.32. The van der Waals surface area contributed by atoms with Gasteiger partial charge < -0.3 is 10.2 Å². The molecule has 0 bridgehead atoms. The molecule has 7 heteroatoms. The number of carbonyl (C=O) groups is 1. The zero-order chi connectivity index (χ0) is 23.0. The molecule has 6 nitrogen and oxygen atoms in total. The Labute approximate surface area is 200 Å². The van der Waals surface area contributed by atoms with Crippen molar-refractivity contribution < 1.29 is 4.79 Å². The van der Waals surface area contributed by atoms with Gasteiger partial charge in [-0.05, 0) is 62.4 Å². The zero-order valence-electron chi connectivity index (χ0n) is 19.3. The Kier molecular flexibility index (Phi) is 7.94. The highest BCUT2D eigenvalue weighted by Crippen LogP contribution is 2.27. The molecular formula is C26H31N5OS. The van der Waals surface area contributed by atoms with E-state index in [2.05, 4.69) is 35.1 Å². The Balaban J connectivity index is 1.36. The van der Waals surface area contributed by atoms with Crippen molar-refractivity contribution in [1.29, 1.82) is 0 Å². The zero-order valence-corrected chi connectivity index (χ0v) is 20.1. The number of nitrogens with one attached hydrogen (secondary N) is 1. The first kappa shape index (κ1) is 23.2. The Bertz CT molecular complexity index is 1060. The number of pyridine rings is 1. The molecule has 1 atom stereocenters. The number of anilines is 1. The lowest BCUT2D eigenvalue weighted by Gasteiger charge is -2.34. The van der Waals surface area contributed by atoms with Crippen LogP contribution in [0.2, 0.25) is 0 Å². The molecule has 1 aliphatic heterocycles.